The van der Waals surface area contributed by atoms with E-state index in [1.807, 2.05) is 11.8 Å². The van der Waals surface area contributed by atoms with Gasteiger partial charge in [0.15, 0.2) is 0 Å². The van der Waals surface area contributed by atoms with Gasteiger partial charge in [-0.2, -0.15) is 0 Å². The van der Waals surface area contributed by atoms with Crippen LogP contribution in [0.3, 0.4) is 0 Å². The summed E-state index contributed by atoms with van der Waals surface area (Å²) >= 11 is 1.49. The maximum Gasteiger partial charge on any atom is 0.264 e. The molecule has 28 heavy (non-hydrogen) atoms. The van der Waals surface area contributed by atoms with Gasteiger partial charge in [-0.3, -0.25) is 9.69 Å². The van der Waals surface area contributed by atoms with Crippen LogP contribution in [0.2, 0.25) is 0 Å². The monoisotopic (exact) mass is 403 g/mol. The number of piperidine rings is 1. The van der Waals surface area contributed by atoms with Crippen molar-refractivity contribution in [1.82, 2.24) is 19.8 Å². The molecule has 0 spiro atoms. The lowest BCUT2D eigenvalue weighted by Gasteiger charge is -2.30. The molecule has 2 saturated heterocycles. The van der Waals surface area contributed by atoms with Crippen molar-refractivity contribution in [3.05, 3.63) is 16.8 Å². The Labute approximate surface area is 170 Å². The number of fused-ring (bicyclic) bond motifs is 1. The minimum Gasteiger partial charge on any atom is -0.379 e. The third-order valence-corrected chi connectivity index (χ3v) is 6.88. The fraction of sp³-hybridized carbons (Fsp3) is 0.650. The number of thiophene rings is 1. The number of ether oxygens (including phenoxy) is 1. The second-order valence-corrected chi connectivity index (χ2v) is 8.84. The number of aryl methyl sites for hydroxylation is 1. The molecule has 2 aliphatic heterocycles. The number of nitrogens with one attached hydrogen (secondary N) is 1. The van der Waals surface area contributed by atoms with Gasteiger partial charge < -0.3 is 15.0 Å². The molecule has 0 aromatic carbocycles. The van der Waals surface area contributed by atoms with Crippen LogP contribution in [0.5, 0.6) is 0 Å². The van der Waals surface area contributed by atoms with E-state index in [9.17, 15) is 4.79 Å². The predicted octanol–water partition coefficient (Wildman–Crippen LogP) is 2.62. The van der Waals surface area contributed by atoms with Gasteiger partial charge in [0, 0.05) is 39.3 Å². The second kappa shape index (κ2) is 8.71. The second-order valence-electron chi connectivity index (χ2n) is 7.84. The van der Waals surface area contributed by atoms with Crippen molar-refractivity contribution in [3.63, 3.8) is 0 Å². The largest absolute Gasteiger partial charge is 0.379 e. The molecule has 8 heteroatoms. The van der Waals surface area contributed by atoms with Gasteiger partial charge in [0.1, 0.15) is 17.0 Å². The Balaban J connectivity index is 1.50. The molecule has 2 aromatic rings. The number of nitrogens with zero attached hydrogens (tertiary/aromatic N) is 4. The highest BCUT2D eigenvalue weighted by Crippen LogP contribution is 2.34. The van der Waals surface area contributed by atoms with Gasteiger partial charge in [0.2, 0.25) is 0 Å². The standard InChI is InChI=1S/C20H29N5O2S/c1-14-4-3-6-25(12-14)20(26)17-15(2)16-18(22-13-23-19(16)28-17)21-5-7-24-8-10-27-11-9-24/h13-14H,3-12H2,1-2H3,(H,21,22,23)/t14-/m1/s1. The summed E-state index contributed by atoms with van der Waals surface area (Å²) in [6.07, 6.45) is 3.88. The third-order valence-electron chi connectivity index (χ3n) is 5.69. The molecule has 0 unspecified atom stereocenters. The van der Waals surface area contributed by atoms with Crippen molar-refractivity contribution >= 4 is 33.3 Å². The van der Waals surface area contributed by atoms with Crippen LogP contribution in [0.15, 0.2) is 6.33 Å². The van der Waals surface area contributed by atoms with Gasteiger partial charge in [-0.15, -0.1) is 11.3 Å². The highest BCUT2D eigenvalue weighted by Gasteiger charge is 2.26. The van der Waals surface area contributed by atoms with Crippen LogP contribution in [0.4, 0.5) is 5.82 Å². The van der Waals surface area contributed by atoms with E-state index in [0.29, 0.717) is 5.92 Å². The number of hydrogen-bond donors (Lipinski definition) is 1. The normalized spacial score (nSPS) is 21.2. The summed E-state index contributed by atoms with van der Waals surface area (Å²) < 4.78 is 5.40. The molecule has 1 amide bonds. The first-order chi connectivity index (χ1) is 13.6. The van der Waals surface area contributed by atoms with E-state index < -0.39 is 0 Å². The molecule has 2 fully saturated rings. The summed E-state index contributed by atoms with van der Waals surface area (Å²) in [4.78, 5) is 28.1. The number of morpholine rings is 1. The van der Waals surface area contributed by atoms with Gasteiger partial charge >= 0.3 is 0 Å². The van der Waals surface area contributed by atoms with E-state index >= 15 is 0 Å². The van der Waals surface area contributed by atoms with Crippen molar-refractivity contribution in [2.75, 3.05) is 57.8 Å². The van der Waals surface area contributed by atoms with Crippen LogP contribution in [0, 0.1) is 12.8 Å². The lowest BCUT2D eigenvalue weighted by Crippen LogP contribution is -2.39. The predicted molar refractivity (Wildman–Crippen MR) is 112 cm³/mol. The zero-order valence-electron chi connectivity index (χ0n) is 16.7. The Hall–Kier alpha value is -1.77. The Kier molecular flexibility index (Phi) is 6.08. The molecule has 0 saturated carbocycles. The van der Waals surface area contributed by atoms with Gasteiger partial charge in [-0.1, -0.05) is 6.92 Å². The van der Waals surface area contributed by atoms with Crippen molar-refractivity contribution in [3.8, 4) is 0 Å². The maximum absolute atomic E-state index is 13.1. The Morgan fingerprint density at radius 1 is 1.32 bits per heavy atom. The van der Waals surface area contributed by atoms with Crippen LogP contribution in [-0.2, 0) is 4.74 Å². The molecule has 1 atom stereocenters. The molecule has 2 aliphatic rings. The summed E-state index contributed by atoms with van der Waals surface area (Å²) in [5.41, 5.74) is 0.998. The quantitative estimate of drug-likeness (QED) is 0.828. The highest BCUT2D eigenvalue weighted by atomic mass is 32.1. The molecular formula is C20H29N5O2S. The van der Waals surface area contributed by atoms with E-state index in [1.165, 1.54) is 17.8 Å². The molecule has 0 radical (unpaired) electrons. The zero-order valence-corrected chi connectivity index (χ0v) is 17.6. The van der Waals surface area contributed by atoms with Gasteiger partial charge in [-0.05, 0) is 31.2 Å². The number of carbonyl (C=O) groups is 1. The summed E-state index contributed by atoms with van der Waals surface area (Å²) in [5.74, 6) is 1.55. The van der Waals surface area contributed by atoms with Crippen LogP contribution in [0.1, 0.15) is 35.0 Å². The number of hydrogen-bond acceptors (Lipinski definition) is 7. The molecule has 4 rings (SSSR count). The fourth-order valence-electron chi connectivity index (χ4n) is 4.08. The minimum absolute atomic E-state index is 0.145. The fourth-order valence-corrected chi connectivity index (χ4v) is 5.20. The molecule has 0 aliphatic carbocycles. The average Bonchev–Trinajstić information content (AvgIpc) is 3.06. The Morgan fingerprint density at radius 3 is 2.93 bits per heavy atom. The first-order valence-corrected chi connectivity index (χ1v) is 11.0. The Bertz CT molecular complexity index is 833. The lowest BCUT2D eigenvalue weighted by molar-refractivity contribution is 0.0398. The Morgan fingerprint density at radius 2 is 2.14 bits per heavy atom. The molecule has 2 aromatic heterocycles. The number of rotatable bonds is 5. The van der Waals surface area contributed by atoms with Crippen LogP contribution >= 0.6 is 11.3 Å². The van der Waals surface area contributed by atoms with E-state index in [4.69, 9.17) is 4.74 Å². The molecule has 0 bridgehead atoms. The minimum atomic E-state index is 0.145. The van der Waals surface area contributed by atoms with E-state index in [-0.39, 0.29) is 5.91 Å². The van der Waals surface area contributed by atoms with E-state index in [1.54, 1.807) is 6.33 Å². The summed E-state index contributed by atoms with van der Waals surface area (Å²) in [6, 6.07) is 0. The summed E-state index contributed by atoms with van der Waals surface area (Å²) in [6.45, 7) is 11.3. The third kappa shape index (κ3) is 4.14. The molecular weight excluding hydrogens is 374 g/mol. The molecule has 4 heterocycles. The van der Waals surface area contributed by atoms with Crippen LogP contribution < -0.4 is 5.32 Å². The van der Waals surface area contributed by atoms with E-state index in [2.05, 4.69) is 27.1 Å². The first-order valence-electron chi connectivity index (χ1n) is 10.2. The van der Waals surface area contributed by atoms with Crippen molar-refractivity contribution in [2.24, 2.45) is 5.92 Å². The molecule has 1 N–H and O–H groups in total. The summed E-state index contributed by atoms with van der Waals surface area (Å²) in [7, 11) is 0. The van der Waals surface area contributed by atoms with Crippen molar-refractivity contribution in [2.45, 2.75) is 26.7 Å². The number of carbonyl (C=O) groups excluding carboxylic acids is 1. The van der Waals surface area contributed by atoms with E-state index in [0.717, 1.165) is 85.4 Å². The SMILES string of the molecule is Cc1c(C(=O)N2CCC[C@@H](C)C2)sc2ncnc(NCCN3CCOCC3)c12. The maximum atomic E-state index is 13.1. The van der Waals surface area contributed by atoms with Gasteiger partial charge in [0.05, 0.1) is 23.5 Å². The average molecular weight is 404 g/mol. The van der Waals surface area contributed by atoms with Crippen LogP contribution in [0.25, 0.3) is 10.2 Å². The number of amides is 1. The number of likely N-dealkylation sites (tertiary alicyclic amines) is 1. The van der Waals surface area contributed by atoms with Crippen molar-refractivity contribution < 1.29 is 9.53 Å². The van der Waals surface area contributed by atoms with Gasteiger partial charge in [-0.25, -0.2) is 9.97 Å². The molecule has 152 valence electrons. The highest BCUT2D eigenvalue weighted by molar-refractivity contribution is 7.20. The van der Waals surface area contributed by atoms with Crippen LogP contribution in [-0.4, -0.2) is 78.2 Å². The molecule has 7 nitrogen and oxygen atoms in total. The number of aromatic nitrogens is 2. The van der Waals surface area contributed by atoms with Crippen molar-refractivity contribution in [1.29, 1.82) is 0 Å². The first kappa shape index (κ1) is 19.5. The summed E-state index contributed by atoms with van der Waals surface area (Å²) in [5, 5.41) is 4.45. The number of anilines is 1. The topological polar surface area (TPSA) is 70.6 Å². The smallest absolute Gasteiger partial charge is 0.264 e. The lowest BCUT2D eigenvalue weighted by atomic mass is 10.00. The van der Waals surface area contributed by atoms with Gasteiger partial charge in [0.25, 0.3) is 5.91 Å². The zero-order chi connectivity index (χ0) is 19.5.